The lowest BCUT2D eigenvalue weighted by Crippen LogP contribution is -2.43. The van der Waals surface area contributed by atoms with Crippen molar-refractivity contribution in [2.75, 3.05) is 19.6 Å². The summed E-state index contributed by atoms with van der Waals surface area (Å²) < 4.78 is 13.4. The van der Waals surface area contributed by atoms with Crippen LogP contribution >= 0.6 is 11.6 Å². The Hall–Kier alpha value is -0.640. The number of rotatable bonds is 3. The number of nitrogens with one attached hydrogen (secondary N) is 1. The fourth-order valence-electron chi connectivity index (χ4n) is 3.64. The SMILES string of the molecule is Fc1cc(Cl)cc(CN2CCCC(C3CCCN3)C2)c1. The molecule has 1 aromatic rings. The summed E-state index contributed by atoms with van der Waals surface area (Å²) in [5, 5.41) is 4.11. The molecule has 0 bridgehead atoms. The first-order chi connectivity index (χ1) is 9.70. The molecule has 2 nitrogen and oxygen atoms in total. The molecule has 2 heterocycles. The molecule has 20 heavy (non-hydrogen) atoms. The zero-order valence-corrected chi connectivity index (χ0v) is 12.5. The van der Waals surface area contributed by atoms with Gasteiger partial charge >= 0.3 is 0 Å². The number of nitrogens with zero attached hydrogens (tertiary/aromatic N) is 1. The first-order valence-electron chi connectivity index (χ1n) is 7.61. The van der Waals surface area contributed by atoms with Crippen molar-refractivity contribution in [2.45, 2.75) is 38.3 Å². The Morgan fingerprint density at radius 2 is 2.15 bits per heavy atom. The summed E-state index contributed by atoms with van der Waals surface area (Å²) in [6.07, 6.45) is 5.18. The molecule has 0 aliphatic carbocycles. The third-order valence-corrected chi connectivity index (χ3v) is 4.76. The average Bonchev–Trinajstić information content (AvgIpc) is 2.91. The molecule has 4 heteroatoms. The van der Waals surface area contributed by atoms with Crippen LogP contribution in [0.25, 0.3) is 0 Å². The van der Waals surface area contributed by atoms with Crippen LogP contribution in [0.2, 0.25) is 5.02 Å². The van der Waals surface area contributed by atoms with Gasteiger partial charge in [-0.15, -0.1) is 0 Å². The predicted molar refractivity (Wildman–Crippen MR) is 80.4 cm³/mol. The van der Waals surface area contributed by atoms with Crippen molar-refractivity contribution in [3.05, 3.63) is 34.6 Å². The fraction of sp³-hybridized carbons (Fsp3) is 0.625. The molecule has 0 saturated carbocycles. The summed E-state index contributed by atoms with van der Waals surface area (Å²) >= 11 is 5.93. The first-order valence-corrected chi connectivity index (χ1v) is 7.99. The van der Waals surface area contributed by atoms with E-state index < -0.39 is 0 Å². The molecular weight excluding hydrogens is 275 g/mol. The Bertz CT molecular complexity index is 440. The minimum absolute atomic E-state index is 0.237. The maximum atomic E-state index is 13.4. The van der Waals surface area contributed by atoms with Gasteiger partial charge in [0, 0.05) is 24.2 Å². The van der Waals surface area contributed by atoms with E-state index in [-0.39, 0.29) is 5.82 Å². The van der Waals surface area contributed by atoms with Crippen molar-refractivity contribution < 1.29 is 4.39 Å². The highest BCUT2D eigenvalue weighted by molar-refractivity contribution is 6.30. The summed E-state index contributed by atoms with van der Waals surface area (Å²) in [6.45, 7) is 4.20. The number of likely N-dealkylation sites (tertiary alicyclic amines) is 1. The molecule has 2 aliphatic rings. The highest BCUT2D eigenvalue weighted by Crippen LogP contribution is 2.26. The highest BCUT2D eigenvalue weighted by atomic mass is 35.5. The maximum absolute atomic E-state index is 13.4. The average molecular weight is 297 g/mol. The van der Waals surface area contributed by atoms with E-state index in [2.05, 4.69) is 10.2 Å². The molecule has 2 unspecified atom stereocenters. The van der Waals surface area contributed by atoms with Crippen molar-refractivity contribution in [2.24, 2.45) is 5.92 Å². The van der Waals surface area contributed by atoms with Gasteiger partial charge in [-0.25, -0.2) is 4.39 Å². The Labute approximate surface area is 125 Å². The monoisotopic (exact) mass is 296 g/mol. The number of hydrogen-bond acceptors (Lipinski definition) is 2. The molecule has 2 atom stereocenters. The molecule has 0 aromatic heterocycles. The second-order valence-electron chi connectivity index (χ2n) is 6.12. The standard InChI is InChI=1S/C16H22ClFN2/c17-14-7-12(8-15(18)9-14)10-20-6-2-3-13(11-20)16-4-1-5-19-16/h7-9,13,16,19H,1-6,10-11H2. The zero-order chi connectivity index (χ0) is 13.9. The molecule has 1 aromatic carbocycles. The van der Waals surface area contributed by atoms with Crippen LogP contribution in [0.1, 0.15) is 31.2 Å². The van der Waals surface area contributed by atoms with Crippen LogP contribution < -0.4 is 5.32 Å². The normalized spacial score (nSPS) is 27.9. The maximum Gasteiger partial charge on any atom is 0.125 e. The largest absolute Gasteiger partial charge is 0.314 e. The molecule has 0 spiro atoms. The lowest BCUT2D eigenvalue weighted by atomic mass is 9.89. The third kappa shape index (κ3) is 3.51. The summed E-state index contributed by atoms with van der Waals surface area (Å²) in [7, 11) is 0. The van der Waals surface area contributed by atoms with Gasteiger partial charge in [-0.1, -0.05) is 11.6 Å². The lowest BCUT2D eigenvalue weighted by molar-refractivity contribution is 0.145. The smallest absolute Gasteiger partial charge is 0.125 e. The Morgan fingerprint density at radius 3 is 2.90 bits per heavy atom. The van der Waals surface area contributed by atoms with Gasteiger partial charge in [-0.05, 0) is 68.5 Å². The van der Waals surface area contributed by atoms with Gasteiger partial charge in [-0.2, -0.15) is 0 Å². The predicted octanol–water partition coefficient (Wildman–Crippen LogP) is 3.44. The van der Waals surface area contributed by atoms with E-state index in [1.165, 1.54) is 38.3 Å². The van der Waals surface area contributed by atoms with Crippen LogP contribution in [-0.2, 0) is 6.54 Å². The van der Waals surface area contributed by atoms with Gasteiger partial charge in [0.1, 0.15) is 5.82 Å². The van der Waals surface area contributed by atoms with Crippen LogP contribution in [0.15, 0.2) is 18.2 Å². The summed E-state index contributed by atoms with van der Waals surface area (Å²) in [5.74, 6) is 0.508. The van der Waals surface area contributed by atoms with Crippen molar-refractivity contribution in [3.63, 3.8) is 0 Å². The van der Waals surface area contributed by atoms with Crippen molar-refractivity contribution in [3.8, 4) is 0 Å². The van der Waals surface area contributed by atoms with Crippen molar-refractivity contribution in [1.82, 2.24) is 10.2 Å². The van der Waals surface area contributed by atoms with E-state index in [1.807, 2.05) is 6.07 Å². The highest BCUT2D eigenvalue weighted by Gasteiger charge is 2.28. The van der Waals surface area contributed by atoms with E-state index in [1.54, 1.807) is 6.07 Å². The second kappa shape index (κ2) is 6.42. The van der Waals surface area contributed by atoms with E-state index in [4.69, 9.17) is 11.6 Å². The quantitative estimate of drug-likeness (QED) is 0.919. The summed E-state index contributed by atoms with van der Waals surface area (Å²) in [5.41, 5.74) is 0.982. The van der Waals surface area contributed by atoms with Gasteiger partial charge in [0.2, 0.25) is 0 Å². The molecule has 110 valence electrons. The van der Waals surface area contributed by atoms with Crippen LogP contribution in [-0.4, -0.2) is 30.6 Å². The lowest BCUT2D eigenvalue weighted by Gasteiger charge is -2.35. The van der Waals surface area contributed by atoms with E-state index in [9.17, 15) is 4.39 Å². The minimum Gasteiger partial charge on any atom is -0.314 e. The van der Waals surface area contributed by atoms with E-state index >= 15 is 0 Å². The molecule has 1 N–H and O–H groups in total. The van der Waals surface area contributed by atoms with Crippen LogP contribution in [0.3, 0.4) is 0 Å². The Kier molecular flexibility index (Phi) is 4.59. The summed E-state index contributed by atoms with van der Waals surface area (Å²) in [6, 6.07) is 5.53. The fourth-order valence-corrected chi connectivity index (χ4v) is 3.88. The molecule has 3 rings (SSSR count). The molecule has 0 radical (unpaired) electrons. The van der Waals surface area contributed by atoms with Gasteiger partial charge < -0.3 is 5.32 Å². The Balaban J connectivity index is 1.61. The minimum atomic E-state index is -0.237. The van der Waals surface area contributed by atoms with Gasteiger partial charge in [0.25, 0.3) is 0 Å². The molecule has 2 saturated heterocycles. The number of benzene rings is 1. The van der Waals surface area contributed by atoms with Crippen LogP contribution in [0.4, 0.5) is 4.39 Å². The molecular formula is C16H22ClFN2. The molecule has 2 aliphatic heterocycles. The Morgan fingerprint density at radius 1 is 1.25 bits per heavy atom. The van der Waals surface area contributed by atoms with E-state index in [0.717, 1.165) is 31.1 Å². The third-order valence-electron chi connectivity index (χ3n) is 4.54. The number of piperidine rings is 1. The van der Waals surface area contributed by atoms with Crippen LogP contribution in [0, 0.1) is 11.7 Å². The van der Waals surface area contributed by atoms with Crippen molar-refractivity contribution >= 4 is 11.6 Å². The summed E-state index contributed by atoms with van der Waals surface area (Å²) in [4.78, 5) is 2.44. The first kappa shape index (κ1) is 14.3. The number of halogens is 2. The van der Waals surface area contributed by atoms with Gasteiger partial charge in [-0.3, -0.25) is 4.90 Å². The zero-order valence-electron chi connectivity index (χ0n) is 11.7. The second-order valence-corrected chi connectivity index (χ2v) is 6.55. The van der Waals surface area contributed by atoms with Gasteiger partial charge in [0.15, 0.2) is 0 Å². The van der Waals surface area contributed by atoms with Crippen molar-refractivity contribution in [1.29, 1.82) is 0 Å². The van der Waals surface area contributed by atoms with E-state index in [0.29, 0.717) is 11.1 Å². The molecule has 0 amide bonds. The topological polar surface area (TPSA) is 15.3 Å². The number of hydrogen-bond donors (Lipinski definition) is 1. The van der Waals surface area contributed by atoms with Crippen LogP contribution in [0.5, 0.6) is 0 Å². The molecule has 2 fully saturated rings. The van der Waals surface area contributed by atoms with Gasteiger partial charge in [0.05, 0.1) is 0 Å².